The van der Waals surface area contributed by atoms with E-state index in [1.807, 2.05) is 13.8 Å². The van der Waals surface area contributed by atoms with Crippen LogP contribution in [0.1, 0.15) is 26.7 Å². The van der Waals surface area contributed by atoms with E-state index in [2.05, 4.69) is 5.32 Å². The maximum atomic E-state index is 11.2. The summed E-state index contributed by atoms with van der Waals surface area (Å²) in [4.78, 5) is 11.2. The lowest BCUT2D eigenvalue weighted by Crippen LogP contribution is -2.47. The predicted molar refractivity (Wildman–Crippen MR) is 48.5 cm³/mol. The lowest BCUT2D eigenvalue weighted by atomic mass is 9.80. The van der Waals surface area contributed by atoms with Crippen LogP contribution in [0, 0.1) is 11.8 Å². The molecule has 1 aliphatic rings. The molecule has 12 heavy (non-hydrogen) atoms. The minimum atomic E-state index is 0.0990. The Labute approximate surface area is 73.7 Å². The van der Waals surface area contributed by atoms with Crippen LogP contribution in [-0.4, -0.2) is 18.5 Å². The van der Waals surface area contributed by atoms with Gasteiger partial charge in [-0.3, -0.25) is 4.79 Å². The van der Waals surface area contributed by atoms with E-state index in [4.69, 9.17) is 5.73 Å². The minimum Gasteiger partial charge on any atom is -0.353 e. The average Bonchev–Trinajstić information content (AvgIpc) is 1.94. The molecule has 1 fully saturated rings. The van der Waals surface area contributed by atoms with Gasteiger partial charge in [0.1, 0.15) is 0 Å². The van der Waals surface area contributed by atoms with Gasteiger partial charge in [0.25, 0.3) is 0 Å². The van der Waals surface area contributed by atoms with Crippen molar-refractivity contribution in [1.29, 1.82) is 0 Å². The van der Waals surface area contributed by atoms with Gasteiger partial charge < -0.3 is 11.1 Å². The van der Waals surface area contributed by atoms with Crippen molar-refractivity contribution in [2.45, 2.75) is 32.7 Å². The number of carbonyl (C=O) groups excluding carboxylic acids is 1. The Bertz CT molecular complexity index is 162. The Kier molecular flexibility index (Phi) is 3.09. The molecule has 1 rings (SSSR count). The molecule has 0 bridgehead atoms. The zero-order chi connectivity index (χ0) is 9.14. The van der Waals surface area contributed by atoms with Gasteiger partial charge in [-0.1, -0.05) is 13.8 Å². The quantitative estimate of drug-likeness (QED) is 0.648. The molecule has 0 atom stereocenters. The van der Waals surface area contributed by atoms with Crippen molar-refractivity contribution in [3.05, 3.63) is 0 Å². The number of nitrogens with two attached hydrogens (primary N) is 1. The summed E-state index contributed by atoms with van der Waals surface area (Å²) >= 11 is 0. The molecule has 70 valence electrons. The Hall–Kier alpha value is -0.570. The molecule has 3 N–H and O–H groups in total. The first-order chi connectivity index (χ1) is 5.63. The van der Waals surface area contributed by atoms with Crippen molar-refractivity contribution in [2.75, 3.05) is 6.54 Å². The largest absolute Gasteiger partial charge is 0.353 e. The third-order valence-electron chi connectivity index (χ3n) is 2.44. The molecule has 1 saturated carbocycles. The molecule has 0 aromatic rings. The van der Waals surface area contributed by atoms with Crippen molar-refractivity contribution < 1.29 is 4.79 Å². The summed E-state index contributed by atoms with van der Waals surface area (Å²) < 4.78 is 0. The SMILES string of the molecule is CC(C)C(=O)NC1CC(CN)C1. The summed E-state index contributed by atoms with van der Waals surface area (Å²) in [6.07, 6.45) is 2.13. The van der Waals surface area contributed by atoms with E-state index in [0.717, 1.165) is 19.4 Å². The summed E-state index contributed by atoms with van der Waals surface area (Å²) in [6, 6.07) is 0.397. The standard InChI is InChI=1S/C9H18N2O/c1-6(2)9(12)11-8-3-7(4-8)5-10/h6-8H,3-5,10H2,1-2H3,(H,11,12). The highest BCUT2D eigenvalue weighted by atomic mass is 16.1. The van der Waals surface area contributed by atoms with Gasteiger partial charge in [0, 0.05) is 12.0 Å². The topological polar surface area (TPSA) is 55.1 Å². The zero-order valence-electron chi connectivity index (χ0n) is 7.84. The van der Waals surface area contributed by atoms with Crippen molar-refractivity contribution in [3.63, 3.8) is 0 Å². The first-order valence-electron chi connectivity index (χ1n) is 4.64. The summed E-state index contributed by atoms with van der Waals surface area (Å²) in [6.45, 7) is 4.58. The number of carbonyl (C=O) groups is 1. The van der Waals surface area contributed by atoms with E-state index in [9.17, 15) is 4.79 Å². The molecule has 0 aromatic carbocycles. The summed E-state index contributed by atoms with van der Waals surface area (Å²) in [5.74, 6) is 0.903. The van der Waals surface area contributed by atoms with E-state index in [1.165, 1.54) is 0 Å². The van der Waals surface area contributed by atoms with Crippen LogP contribution < -0.4 is 11.1 Å². The Morgan fingerprint density at radius 3 is 2.58 bits per heavy atom. The predicted octanol–water partition coefficient (Wildman–Crippen LogP) is 0.496. The number of amides is 1. The fourth-order valence-corrected chi connectivity index (χ4v) is 1.41. The maximum absolute atomic E-state index is 11.2. The van der Waals surface area contributed by atoms with Crippen LogP contribution in [0.15, 0.2) is 0 Å². The number of rotatable bonds is 3. The molecule has 0 saturated heterocycles. The van der Waals surface area contributed by atoms with Gasteiger partial charge in [0.05, 0.1) is 0 Å². The van der Waals surface area contributed by atoms with E-state index >= 15 is 0 Å². The van der Waals surface area contributed by atoms with Crippen LogP contribution in [0.4, 0.5) is 0 Å². The van der Waals surface area contributed by atoms with Crippen LogP contribution >= 0.6 is 0 Å². The minimum absolute atomic E-state index is 0.0990. The molecule has 0 unspecified atom stereocenters. The van der Waals surface area contributed by atoms with Gasteiger partial charge >= 0.3 is 0 Å². The molecule has 3 heteroatoms. The maximum Gasteiger partial charge on any atom is 0.222 e. The monoisotopic (exact) mass is 170 g/mol. The van der Waals surface area contributed by atoms with E-state index < -0.39 is 0 Å². The lowest BCUT2D eigenvalue weighted by Gasteiger charge is -2.35. The van der Waals surface area contributed by atoms with Crippen LogP contribution in [0.2, 0.25) is 0 Å². The van der Waals surface area contributed by atoms with E-state index in [1.54, 1.807) is 0 Å². The second kappa shape index (κ2) is 3.90. The van der Waals surface area contributed by atoms with Crippen molar-refractivity contribution in [2.24, 2.45) is 17.6 Å². The van der Waals surface area contributed by atoms with Crippen LogP contribution in [-0.2, 0) is 4.79 Å². The van der Waals surface area contributed by atoms with Crippen molar-refractivity contribution >= 4 is 5.91 Å². The number of nitrogens with one attached hydrogen (secondary N) is 1. The number of hydrogen-bond acceptors (Lipinski definition) is 2. The third kappa shape index (κ3) is 2.21. The Morgan fingerprint density at radius 2 is 2.17 bits per heavy atom. The number of hydrogen-bond donors (Lipinski definition) is 2. The smallest absolute Gasteiger partial charge is 0.222 e. The molecule has 3 nitrogen and oxygen atoms in total. The van der Waals surface area contributed by atoms with Gasteiger partial charge in [0.2, 0.25) is 5.91 Å². The fraction of sp³-hybridized carbons (Fsp3) is 0.889. The molecular weight excluding hydrogens is 152 g/mol. The summed E-state index contributed by atoms with van der Waals surface area (Å²) in [7, 11) is 0. The average molecular weight is 170 g/mol. The molecule has 0 heterocycles. The molecule has 0 spiro atoms. The summed E-state index contributed by atoms with van der Waals surface area (Å²) in [5.41, 5.74) is 5.47. The summed E-state index contributed by atoms with van der Waals surface area (Å²) in [5, 5.41) is 2.99. The van der Waals surface area contributed by atoms with Gasteiger partial charge in [0.15, 0.2) is 0 Å². The van der Waals surface area contributed by atoms with Crippen molar-refractivity contribution in [3.8, 4) is 0 Å². The first-order valence-corrected chi connectivity index (χ1v) is 4.64. The highest BCUT2D eigenvalue weighted by molar-refractivity contribution is 5.78. The Balaban J connectivity index is 2.14. The van der Waals surface area contributed by atoms with Crippen molar-refractivity contribution in [1.82, 2.24) is 5.32 Å². The second-order valence-electron chi connectivity index (χ2n) is 3.93. The molecule has 0 aromatic heterocycles. The second-order valence-corrected chi connectivity index (χ2v) is 3.93. The molecular formula is C9H18N2O. The normalized spacial score (nSPS) is 28.3. The van der Waals surface area contributed by atoms with Gasteiger partial charge in [-0.05, 0) is 25.3 Å². The zero-order valence-corrected chi connectivity index (χ0v) is 7.84. The third-order valence-corrected chi connectivity index (χ3v) is 2.44. The van der Waals surface area contributed by atoms with E-state index in [-0.39, 0.29) is 11.8 Å². The van der Waals surface area contributed by atoms with Gasteiger partial charge in [-0.2, -0.15) is 0 Å². The molecule has 1 aliphatic carbocycles. The first kappa shape index (κ1) is 9.52. The highest BCUT2D eigenvalue weighted by Crippen LogP contribution is 2.26. The lowest BCUT2D eigenvalue weighted by molar-refractivity contribution is -0.125. The molecule has 0 aliphatic heterocycles. The molecule has 0 radical (unpaired) electrons. The molecule has 1 amide bonds. The van der Waals surface area contributed by atoms with Crippen LogP contribution in [0.3, 0.4) is 0 Å². The fourth-order valence-electron chi connectivity index (χ4n) is 1.41. The van der Waals surface area contributed by atoms with E-state index in [0.29, 0.717) is 12.0 Å². The van der Waals surface area contributed by atoms with Gasteiger partial charge in [-0.25, -0.2) is 0 Å². The van der Waals surface area contributed by atoms with Crippen LogP contribution in [0.25, 0.3) is 0 Å². The van der Waals surface area contributed by atoms with Crippen LogP contribution in [0.5, 0.6) is 0 Å². The van der Waals surface area contributed by atoms with Gasteiger partial charge in [-0.15, -0.1) is 0 Å². The highest BCUT2D eigenvalue weighted by Gasteiger charge is 2.29. The Morgan fingerprint density at radius 1 is 1.58 bits per heavy atom.